The van der Waals surface area contributed by atoms with Gasteiger partial charge in [-0.2, -0.15) is 5.10 Å². The van der Waals surface area contributed by atoms with Crippen molar-refractivity contribution in [1.29, 1.82) is 0 Å². The van der Waals surface area contributed by atoms with Gasteiger partial charge in [0.1, 0.15) is 11.5 Å². The number of halogens is 1. The van der Waals surface area contributed by atoms with Crippen molar-refractivity contribution < 1.29 is 9.18 Å². The monoisotopic (exact) mass is 343 g/mol. The van der Waals surface area contributed by atoms with Crippen LogP contribution in [0.5, 0.6) is 0 Å². The first-order valence-electron chi connectivity index (χ1n) is 7.25. The second-order valence-electron chi connectivity index (χ2n) is 5.11. The van der Waals surface area contributed by atoms with Gasteiger partial charge < -0.3 is 5.32 Å². The van der Waals surface area contributed by atoms with Crippen LogP contribution < -0.4 is 10.9 Å². The molecule has 0 atom stereocenters. The third kappa shape index (κ3) is 3.94. The average molecular weight is 343 g/mol. The van der Waals surface area contributed by atoms with Crippen LogP contribution in [0.2, 0.25) is 0 Å². The van der Waals surface area contributed by atoms with Crippen LogP contribution in [0, 0.1) is 5.82 Å². The summed E-state index contributed by atoms with van der Waals surface area (Å²) in [6.45, 7) is 0.504. The molecule has 1 N–H and O–H groups in total. The number of carbonyl (C=O) groups excluding carboxylic acids is 1. The summed E-state index contributed by atoms with van der Waals surface area (Å²) in [7, 11) is 0. The second kappa shape index (κ2) is 7.18. The lowest BCUT2D eigenvalue weighted by Gasteiger charge is -2.08. The topological polar surface area (TPSA) is 64.0 Å². The predicted octanol–water partition coefficient (Wildman–Crippen LogP) is 2.42. The summed E-state index contributed by atoms with van der Waals surface area (Å²) in [5, 5.41) is 8.75. The summed E-state index contributed by atoms with van der Waals surface area (Å²) in [4.78, 5) is 25.1. The van der Waals surface area contributed by atoms with Gasteiger partial charge in [0.2, 0.25) is 0 Å². The third-order valence-electron chi connectivity index (χ3n) is 3.32. The smallest absolute Gasteiger partial charge is 0.272 e. The predicted molar refractivity (Wildman–Crippen MR) is 89.5 cm³/mol. The van der Waals surface area contributed by atoms with E-state index >= 15 is 0 Å². The van der Waals surface area contributed by atoms with Crippen LogP contribution in [-0.2, 0) is 13.1 Å². The van der Waals surface area contributed by atoms with Gasteiger partial charge in [0.15, 0.2) is 0 Å². The zero-order valence-corrected chi connectivity index (χ0v) is 13.4. The molecule has 0 saturated heterocycles. The van der Waals surface area contributed by atoms with E-state index < -0.39 is 0 Å². The van der Waals surface area contributed by atoms with Gasteiger partial charge in [0, 0.05) is 10.9 Å². The maximum atomic E-state index is 13.2. The molecule has 3 aromatic rings. The molecule has 0 aliphatic carbocycles. The van der Waals surface area contributed by atoms with E-state index in [1.807, 2.05) is 17.5 Å². The number of carbonyl (C=O) groups is 1. The number of rotatable bonds is 5. The van der Waals surface area contributed by atoms with Crippen molar-refractivity contribution in [1.82, 2.24) is 15.1 Å². The van der Waals surface area contributed by atoms with E-state index in [4.69, 9.17) is 0 Å². The molecule has 0 radical (unpaired) electrons. The van der Waals surface area contributed by atoms with E-state index in [-0.39, 0.29) is 29.5 Å². The maximum Gasteiger partial charge on any atom is 0.272 e. The standard InChI is InChI=1S/C17H14FN3O2S/c18-13-4-1-3-12(9-13)11-21-16(22)7-6-15(20-21)17(23)19-10-14-5-2-8-24-14/h1-9H,10-11H2,(H,19,23). The largest absolute Gasteiger partial charge is 0.346 e. The van der Waals surface area contributed by atoms with Gasteiger partial charge >= 0.3 is 0 Å². The molecule has 24 heavy (non-hydrogen) atoms. The van der Waals surface area contributed by atoms with Crippen LogP contribution in [0.3, 0.4) is 0 Å². The Bertz CT molecular complexity index is 906. The van der Waals surface area contributed by atoms with Crippen LogP contribution in [0.25, 0.3) is 0 Å². The fourth-order valence-corrected chi connectivity index (χ4v) is 2.81. The molecular formula is C17H14FN3O2S. The number of benzene rings is 1. The molecule has 1 aromatic carbocycles. The fourth-order valence-electron chi connectivity index (χ4n) is 2.16. The number of amides is 1. The molecule has 1 amide bonds. The molecule has 0 bridgehead atoms. The first-order valence-corrected chi connectivity index (χ1v) is 8.13. The first-order chi connectivity index (χ1) is 11.6. The van der Waals surface area contributed by atoms with E-state index in [1.165, 1.54) is 24.3 Å². The Morgan fingerprint density at radius 2 is 2.08 bits per heavy atom. The average Bonchev–Trinajstić information content (AvgIpc) is 3.08. The highest BCUT2D eigenvalue weighted by atomic mass is 32.1. The molecule has 0 aliphatic rings. The molecule has 5 nitrogen and oxygen atoms in total. The number of hydrogen-bond donors (Lipinski definition) is 1. The lowest BCUT2D eigenvalue weighted by Crippen LogP contribution is -2.29. The van der Waals surface area contributed by atoms with Gasteiger partial charge in [-0.3, -0.25) is 9.59 Å². The fraction of sp³-hybridized carbons (Fsp3) is 0.118. The molecular weight excluding hydrogens is 329 g/mol. The minimum absolute atomic E-state index is 0.0998. The molecule has 0 aliphatic heterocycles. The van der Waals surface area contributed by atoms with Crippen molar-refractivity contribution >= 4 is 17.2 Å². The lowest BCUT2D eigenvalue weighted by molar-refractivity contribution is 0.0944. The van der Waals surface area contributed by atoms with Gasteiger partial charge in [-0.05, 0) is 35.2 Å². The Kier molecular flexibility index (Phi) is 4.81. The number of nitrogens with one attached hydrogen (secondary N) is 1. The van der Waals surface area contributed by atoms with E-state index in [0.717, 1.165) is 9.56 Å². The zero-order valence-electron chi connectivity index (χ0n) is 12.6. The normalized spacial score (nSPS) is 10.5. The van der Waals surface area contributed by atoms with E-state index in [9.17, 15) is 14.0 Å². The zero-order chi connectivity index (χ0) is 16.9. The Balaban J connectivity index is 1.75. The Labute approximate surface area is 141 Å². The lowest BCUT2D eigenvalue weighted by atomic mass is 10.2. The van der Waals surface area contributed by atoms with Crippen molar-refractivity contribution in [3.8, 4) is 0 Å². The summed E-state index contributed by atoms with van der Waals surface area (Å²) in [5.41, 5.74) is 0.386. The molecule has 2 aromatic heterocycles. The molecule has 0 fully saturated rings. The minimum atomic E-state index is -0.384. The number of aromatic nitrogens is 2. The maximum absolute atomic E-state index is 13.2. The van der Waals surface area contributed by atoms with Crippen LogP contribution in [0.4, 0.5) is 4.39 Å². The van der Waals surface area contributed by atoms with Crippen molar-refractivity contribution in [2.24, 2.45) is 0 Å². The van der Waals surface area contributed by atoms with E-state index in [2.05, 4.69) is 10.4 Å². The van der Waals surface area contributed by atoms with Crippen molar-refractivity contribution in [3.63, 3.8) is 0 Å². The van der Waals surface area contributed by atoms with E-state index in [1.54, 1.807) is 23.5 Å². The Morgan fingerprint density at radius 1 is 1.21 bits per heavy atom. The van der Waals surface area contributed by atoms with E-state index in [0.29, 0.717) is 12.1 Å². The number of thiophene rings is 1. The van der Waals surface area contributed by atoms with Gasteiger partial charge in [-0.15, -0.1) is 11.3 Å². The quantitative estimate of drug-likeness (QED) is 0.774. The van der Waals surface area contributed by atoms with Crippen LogP contribution >= 0.6 is 11.3 Å². The number of nitrogens with zero attached hydrogens (tertiary/aromatic N) is 2. The minimum Gasteiger partial charge on any atom is -0.346 e. The van der Waals surface area contributed by atoms with Crippen LogP contribution in [0.1, 0.15) is 20.9 Å². The molecule has 3 rings (SSSR count). The van der Waals surface area contributed by atoms with Gasteiger partial charge in [-0.1, -0.05) is 18.2 Å². The summed E-state index contributed by atoms with van der Waals surface area (Å²) in [6, 6.07) is 12.4. The van der Waals surface area contributed by atoms with Crippen molar-refractivity contribution in [2.45, 2.75) is 13.1 Å². The highest BCUT2D eigenvalue weighted by Gasteiger charge is 2.10. The van der Waals surface area contributed by atoms with Gasteiger partial charge in [0.05, 0.1) is 13.1 Å². The summed E-state index contributed by atoms with van der Waals surface area (Å²) >= 11 is 1.54. The molecule has 2 heterocycles. The Morgan fingerprint density at radius 3 is 2.83 bits per heavy atom. The molecule has 0 spiro atoms. The molecule has 122 valence electrons. The van der Waals surface area contributed by atoms with Crippen LogP contribution in [-0.4, -0.2) is 15.7 Å². The molecule has 0 saturated carbocycles. The van der Waals surface area contributed by atoms with Crippen molar-refractivity contribution in [3.05, 3.63) is 86.2 Å². The number of hydrogen-bond acceptors (Lipinski definition) is 4. The third-order valence-corrected chi connectivity index (χ3v) is 4.20. The first kappa shape index (κ1) is 16.1. The van der Waals surface area contributed by atoms with Gasteiger partial charge in [-0.25, -0.2) is 9.07 Å². The molecule has 0 unspecified atom stereocenters. The molecule has 7 heteroatoms. The van der Waals surface area contributed by atoms with Crippen molar-refractivity contribution in [2.75, 3.05) is 0 Å². The van der Waals surface area contributed by atoms with Crippen LogP contribution in [0.15, 0.2) is 58.7 Å². The summed E-state index contributed by atoms with van der Waals surface area (Å²) in [6.07, 6.45) is 0. The highest BCUT2D eigenvalue weighted by Crippen LogP contribution is 2.08. The SMILES string of the molecule is O=C(NCc1cccs1)c1ccc(=O)n(Cc2cccc(F)c2)n1. The Hall–Kier alpha value is -2.80. The van der Waals surface area contributed by atoms with Gasteiger partial charge in [0.25, 0.3) is 11.5 Å². The highest BCUT2D eigenvalue weighted by molar-refractivity contribution is 7.09. The summed E-state index contributed by atoms with van der Waals surface area (Å²) in [5.74, 6) is -0.748. The second-order valence-corrected chi connectivity index (χ2v) is 6.14. The summed E-state index contributed by atoms with van der Waals surface area (Å²) < 4.78 is 14.4.